The van der Waals surface area contributed by atoms with Crippen LogP contribution in [0.4, 0.5) is 4.79 Å². The molecule has 0 radical (unpaired) electrons. The Labute approximate surface area is 109 Å². The van der Waals surface area contributed by atoms with Crippen LogP contribution in [0.2, 0.25) is 0 Å². The number of carbonyl (C=O) groups is 1. The summed E-state index contributed by atoms with van der Waals surface area (Å²) in [5.41, 5.74) is 0.970. The van der Waals surface area contributed by atoms with Crippen LogP contribution in [0.15, 0.2) is 30.3 Å². The third kappa shape index (κ3) is 4.14. The number of hydrogen-bond acceptors (Lipinski definition) is 3. The molecule has 1 aliphatic rings. The zero-order valence-electron chi connectivity index (χ0n) is 10.1. The fourth-order valence-corrected chi connectivity index (χ4v) is 3.17. The molecule has 0 unspecified atom stereocenters. The minimum Gasteiger partial charge on any atom is -0.445 e. The van der Waals surface area contributed by atoms with E-state index in [1.54, 1.807) is 0 Å². The topological polar surface area (TPSA) is 55.4 Å². The Morgan fingerprint density at radius 2 is 1.94 bits per heavy atom. The second-order valence-electron chi connectivity index (χ2n) is 4.33. The molecule has 1 aromatic rings. The SMILES string of the molecule is O=C(NC1CCS(=O)CC1)OCc1ccccc1. The normalized spacial score (nSPS) is 23.3. The van der Waals surface area contributed by atoms with Crippen LogP contribution in [0.3, 0.4) is 0 Å². The van der Waals surface area contributed by atoms with Gasteiger partial charge < -0.3 is 10.1 Å². The van der Waals surface area contributed by atoms with Gasteiger partial charge in [-0.3, -0.25) is 4.21 Å². The number of nitrogens with one attached hydrogen (secondary N) is 1. The second kappa shape index (κ2) is 6.54. The fourth-order valence-electron chi connectivity index (χ4n) is 1.87. The zero-order chi connectivity index (χ0) is 12.8. The molecule has 0 aliphatic carbocycles. The molecule has 1 saturated heterocycles. The summed E-state index contributed by atoms with van der Waals surface area (Å²) in [7, 11) is -0.701. The van der Waals surface area contributed by atoms with Gasteiger partial charge in [0, 0.05) is 28.3 Å². The molecule has 1 aromatic carbocycles. The Hall–Kier alpha value is -1.36. The molecule has 0 spiro atoms. The third-order valence-corrected chi connectivity index (χ3v) is 4.30. The summed E-state index contributed by atoms with van der Waals surface area (Å²) in [5.74, 6) is 1.34. The van der Waals surface area contributed by atoms with Crippen molar-refractivity contribution in [2.45, 2.75) is 25.5 Å². The smallest absolute Gasteiger partial charge is 0.407 e. The van der Waals surface area contributed by atoms with Crippen molar-refractivity contribution in [1.29, 1.82) is 0 Å². The quantitative estimate of drug-likeness (QED) is 0.909. The zero-order valence-corrected chi connectivity index (χ0v) is 10.9. The minimum atomic E-state index is -0.701. The van der Waals surface area contributed by atoms with Gasteiger partial charge in [-0.25, -0.2) is 4.79 Å². The van der Waals surface area contributed by atoms with E-state index >= 15 is 0 Å². The summed E-state index contributed by atoms with van der Waals surface area (Å²) < 4.78 is 16.3. The van der Waals surface area contributed by atoms with Gasteiger partial charge in [0.05, 0.1) is 0 Å². The molecule has 1 aliphatic heterocycles. The molecule has 0 saturated carbocycles. The number of amides is 1. The lowest BCUT2D eigenvalue weighted by molar-refractivity contribution is 0.135. The molecule has 0 atom stereocenters. The molecular weight excluding hydrogens is 250 g/mol. The van der Waals surface area contributed by atoms with E-state index in [0.29, 0.717) is 11.5 Å². The molecule has 1 amide bonds. The van der Waals surface area contributed by atoms with Crippen molar-refractivity contribution in [3.63, 3.8) is 0 Å². The van der Waals surface area contributed by atoms with Crippen LogP contribution >= 0.6 is 0 Å². The first-order chi connectivity index (χ1) is 8.74. The van der Waals surface area contributed by atoms with Crippen LogP contribution in [-0.2, 0) is 22.1 Å². The average Bonchev–Trinajstić information content (AvgIpc) is 2.40. The number of carbonyl (C=O) groups excluding carboxylic acids is 1. The van der Waals surface area contributed by atoms with Crippen molar-refractivity contribution in [1.82, 2.24) is 5.32 Å². The van der Waals surface area contributed by atoms with Crippen LogP contribution in [0, 0.1) is 0 Å². The molecule has 18 heavy (non-hydrogen) atoms. The van der Waals surface area contributed by atoms with Crippen LogP contribution in [0.1, 0.15) is 18.4 Å². The van der Waals surface area contributed by atoms with Crippen molar-refractivity contribution in [3.8, 4) is 0 Å². The van der Waals surface area contributed by atoms with Crippen LogP contribution in [0.5, 0.6) is 0 Å². The summed E-state index contributed by atoms with van der Waals surface area (Å²) in [6.45, 7) is 0.283. The number of benzene rings is 1. The molecule has 98 valence electrons. The molecule has 5 heteroatoms. The number of alkyl carbamates (subject to hydrolysis) is 1. The summed E-state index contributed by atoms with van der Waals surface area (Å²) in [5, 5.41) is 2.81. The standard InChI is InChI=1S/C13H17NO3S/c15-13(14-12-6-8-18(16)9-7-12)17-10-11-4-2-1-3-5-11/h1-5,12H,6-10H2,(H,14,15). The van der Waals surface area contributed by atoms with Gasteiger partial charge in [-0.05, 0) is 18.4 Å². The van der Waals surface area contributed by atoms with E-state index in [-0.39, 0.29) is 12.6 Å². The Balaban J connectivity index is 1.71. The van der Waals surface area contributed by atoms with Gasteiger partial charge in [-0.2, -0.15) is 0 Å². The van der Waals surface area contributed by atoms with E-state index in [0.717, 1.165) is 18.4 Å². The van der Waals surface area contributed by atoms with Gasteiger partial charge in [0.25, 0.3) is 0 Å². The highest BCUT2D eigenvalue weighted by Gasteiger charge is 2.19. The summed E-state index contributed by atoms with van der Waals surface area (Å²) in [6, 6.07) is 9.67. The maximum atomic E-state index is 11.6. The Morgan fingerprint density at radius 3 is 2.61 bits per heavy atom. The monoisotopic (exact) mass is 267 g/mol. The highest BCUT2D eigenvalue weighted by Crippen LogP contribution is 2.09. The molecule has 1 N–H and O–H groups in total. The van der Waals surface area contributed by atoms with Gasteiger partial charge in [0.15, 0.2) is 0 Å². The predicted octanol–water partition coefficient (Wildman–Crippen LogP) is 1.82. The first-order valence-electron chi connectivity index (χ1n) is 6.06. The maximum Gasteiger partial charge on any atom is 0.407 e. The van der Waals surface area contributed by atoms with Gasteiger partial charge in [-0.1, -0.05) is 30.3 Å². The maximum absolute atomic E-state index is 11.6. The van der Waals surface area contributed by atoms with Crippen LogP contribution in [-0.4, -0.2) is 27.8 Å². The van der Waals surface area contributed by atoms with Gasteiger partial charge in [0.1, 0.15) is 6.61 Å². The van der Waals surface area contributed by atoms with Crippen molar-refractivity contribution in [2.75, 3.05) is 11.5 Å². The van der Waals surface area contributed by atoms with Gasteiger partial charge in [-0.15, -0.1) is 0 Å². The molecule has 2 rings (SSSR count). The molecular formula is C13H17NO3S. The summed E-state index contributed by atoms with van der Waals surface area (Å²) in [6.07, 6.45) is 1.15. The lowest BCUT2D eigenvalue weighted by Crippen LogP contribution is -2.39. The van der Waals surface area contributed by atoms with Gasteiger partial charge >= 0.3 is 6.09 Å². The highest BCUT2D eigenvalue weighted by atomic mass is 32.2. The largest absolute Gasteiger partial charge is 0.445 e. The van der Waals surface area contributed by atoms with Crippen molar-refractivity contribution in [3.05, 3.63) is 35.9 Å². The molecule has 1 heterocycles. The molecule has 1 fully saturated rings. The third-order valence-electron chi connectivity index (χ3n) is 2.92. The van der Waals surface area contributed by atoms with Crippen LogP contribution in [0.25, 0.3) is 0 Å². The van der Waals surface area contributed by atoms with Crippen molar-refractivity contribution < 1.29 is 13.7 Å². The predicted molar refractivity (Wildman–Crippen MR) is 70.7 cm³/mol. The minimum absolute atomic E-state index is 0.103. The first-order valence-corrected chi connectivity index (χ1v) is 7.55. The Morgan fingerprint density at radius 1 is 1.28 bits per heavy atom. The summed E-state index contributed by atoms with van der Waals surface area (Å²) >= 11 is 0. The van der Waals surface area contributed by atoms with E-state index in [2.05, 4.69) is 5.32 Å². The fraction of sp³-hybridized carbons (Fsp3) is 0.462. The number of ether oxygens (including phenoxy) is 1. The summed E-state index contributed by atoms with van der Waals surface area (Å²) in [4.78, 5) is 11.6. The molecule has 0 aromatic heterocycles. The lowest BCUT2D eigenvalue weighted by atomic mass is 10.2. The van der Waals surface area contributed by atoms with E-state index in [1.165, 1.54) is 0 Å². The van der Waals surface area contributed by atoms with E-state index in [9.17, 15) is 9.00 Å². The van der Waals surface area contributed by atoms with E-state index < -0.39 is 16.9 Å². The van der Waals surface area contributed by atoms with Crippen molar-refractivity contribution >= 4 is 16.9 Å². The van der Waals surface area contributed by atoms with Crippen molar-refractivity contribution in [2.24, 2.45) is 0 Å². The first kappa shape index (κ1) is 13.1. The number of rotatable bonds is 3. The van der Waals surface area contributed by atoms with E-state index in [1.807, 2.05) is 30.3 Å². The lowest BCUT2D eigenvalue weighted by Gasteiger charge is -2.22. The second-order valence-corrected chi connectivity index (χ2v) is 6.02. The van der Waals surface area contributed by atoms with Gasteiger partial charge in [0.2, 0.25) is 0 Å². The van der Waals surface area contributed by atoms with E-state index in [4.69, 9.17) is 4.74 Å². The molecule has 0 bridgehead atoms. The highest BCUT2D eigenvalue weighted by molar-refractivity contribution is 7.85. The molecule has 4 nitrogen and oxygen atoms in total. The Bertz CT molecular complexity index is 412. The average molecular weight is 267 g/mol. The number of hydrogen-bond donors (Lipinski definition) is 1. The van der Waals surface area contributed by atoms with Crippen LogP contribution < -0.4 is 5.32 Å². The Kier molecular flexibility index (Phi) is 4.75.